The third kappa shape index (κ3) is 6.32. The summed E-state index contributed by atoms with van der Waals surface area (Å²) in [6.07, 6.45) is -4.80. The van der Waals surface area contributed by atoms with Gasteiger partial charge >= 0.3 is 6.18 Å². The fraction of sp³-hybridized carbons (Fsp3) is 0.667. The highest BCUT2D eigenvalue weighted by atomic mass is 19.4. The second-order valence-corrected chi connectivity index (χ2v) is 7.24. The molecule has 1 aliphatic rings. The maximum Gasteiger partial charge on any atom is 0.389 e. The summed E-state index contributed by atoms with van der Waals surface area (Å²) in [5.41, 5.74) is 0.623. The average Bonchev–Trinajstić information content (AvgIpc) is 2.47. The Morgan fingerprint density at radius 2 is 1.67 bits per heavy atom. The fourth-order valence-electron chi connectivity index (χ4n) is 2.97. The molecule has 0 spiro atoms. The van der Waals surface area contributed by atoms with E-state index < -0.39 is 12.6 Å². The summed E-state index contributed by atoms with van der Waals surface area (Å²) in [6.45, 7) is 9.06. The lowest BCUT2D eigenvalue weighted by Gasteiger charge is -2.35. The van der Waals surface area contributed by atoms with E-state index in [9.17, 15) is 13.2 Å². The highest BCUT2D eigenvalue weighted by Crippen LogP contribution is 2.32. The summed E-state index contributed by atoms with van der Waals surface area (Å²) in [4.78, 5) is 2.14. The van der Waals surface area contributed by atoms with Crippen LogP contribution in [-0.2, 0) is 0 Å². The number of rotatable bonds is 5. The van der Waals surface area contributed by atoms with Crippen LogP contribution in [0.25, 0.3) is 0 Å². The molecule has 136 valence electrons. The minimum Gasteiger partial charge on any atom is -0.488 e. The first kappa shape index (κ1) is 19.1. The van der Waals surface area contributed by atoms with Gasteiger partial charge in [0, 0.05) is 38.6 Å². The predicted octanol–water partition coefficient (Wildman–Crippen LogP) is 4.15. The zero-order valence-corrected chi connectivity index (χ0v) is 14.6. The Kier molecular flexibility index (Phi) is 6.15. The number of nitrogens with zero attached hydrogens (tertiary/aromatic N) is 1. The van der Waals surface area contributed by atoms with Crippen LogP contribution in [-0.4, -0.2) is 42.9 Å². The first-order valence-electron chi connectivity index (χ1n) is 8.44. The van der Waals surface area contributed by atoms with Crippen molar-refractivity contribution < 1.29 is 17.9 Å². The van der Waals surface area contributed by atoms with Crippen molar-refractivity contribution in [1.82, 2.24) is 10.2 Å². The van der Waals surface area contributed by atoms with Crippen molar-refractivity contribution in [3.8, 4) is 5.75 Å². The molecule has 1 aromatic rings. The summed E-state index contributed by atoms with van der Waals surface area (Å²) >= 11 is 0. The quantitative estimate of drug-likeness (QED) is 0.868. The molecule has 1 heterocycles. The van der Waals surface area contributed by atoms with Crippen molar-refractivity contribution in [2.45, 2.75) is 51.4 Å². The van der Waals surface area contributed by atoms with Gasteiger partial charge < -0.3 is 10.1 Å². The molecule has 1 fully saturated rings. The molecule has 0 radical (unpaired) electrons. The predicted molar refractivity (Wildman–Crippen MR) is 89.3 cm³/mol. The largest absolute Gasteiger partial charge is 0.488 e. The SMILES string of the molecule is CC(C)(C)Oc1ccc([C@@H](CCC(F)(F)F)N2CCNCC2)cc1. The Morgan fingerprint density at radius 3 is 2.17 bits per heavy atom. The molecule has 2 rings (SSSR count). The molecule has 0 amide bonds. The van der Waals surface area contributed by atoms with E-state index in [1.165, 1.54) is 0 Å². The van der Waals surface area contributed by atoms with E-state index in [0.29, 0.717) is 0 Å². The van der Waals surface area contributed by atoms with Crippen LogP contribution in [0.2, 0.25) is 0 Å². The monoisotopic (exact) mass is 344 g/mol. The summed E-state index contributed by atoms with van der Waals surface area (Å²) < 4.78 is 43.9. The normalized spacial score (nSPS) is 18.4. The Bertz CT molecular complexity index is 502. The minimum absolute atomic E-state index is 0.0863. The van der Waals surface area contributed by atoms with E-state index in [0.717, 1.165) is 37.5 Å². The Hall–Kier alpha value is -1.27. The van der Waals surface area contributed by atoms with Crippen LogP contribution < -0.4 is 10.1 Å². The number of alkyl halides is 3. The van der Waals surface area contributed by atoms with Crippen molar-refractivity contribution in [2.75, 3.05) is 26.2 Å². The number of piperazine rings is 1. The molecule has 0 aromatic heterocycles. The summed E-state index contributed by atoms with van der Waals surface area (Å²) in [7, 11) is 0. The van der Waals surface area contributed by atoms with Gasteiger partial charge in [0.05, 0.1) is 0 Å². The van der Waals surface area contributed by atoms with Gasteiger partial charge in [0.1, 0.15) is 11.4 Å². The third-order valence-corrected chi connectivity index (χ3v) is 3.98. The van der Waals surface area contributed by atoms with Gasteiger partial charge in [0.2, 0.25) is 0 Å². The van der Waals surface area contributed by atoms with Crippen LogP contribution in [0.1, 0.15) is 45.2 Å². The average molecular weight is 344 g/mol. The second-order valence-electron chi connectivity index (χ2n) is 7.24. The molecule has 0 saturated carbocycles. The molecule has 1 N–H and O–H groups in total. The van der Waals surface area contributed by atoms with Gasteiger partial charge in [-0.1, -0.05) is 12.1 Å². The molecular formula is C18H27F3N2O. The van der Waals surface area contributed by atoms with Crippen molar-refractivity contribution in [1.29, 1.82) is 0 Å². The number of ether oxygens (including phenoxy) is 1. The number of benzene rings is 1. The van der Waals surface area contributed by atoms with Crippen LogP contribution in [0.15, 0.2) is 24.3 Å². The van der Waals surface area contributed by atoms with Gasteiger partial charge in [-0.05, 0) is 44.9 Å². The van der Waals surface area contributed by atoms with Crippen LogP contribution >= 0.6 is 0 Å². The van der Waals surface area contributed by atoms with Gasteiger partial charge in [0.25, 0.3) is 0 Å². The molecule has 1 aromatic carbocycles. The lowest BCUT2D eigenvalue weighted by Crippen LogP contribution is -2.45. The molecule has 6 heteroatoms. The van der Waals surface area contributed by atoms with Crippen LogP contribution in [0.3, 0.4) is 0 Å². The highest BCUT2D eigenvalue weighted by molar-refractivity contribution is 5.30. The Labute approximate surface area is 142 Å². The van der Waals surface area contributed by atoms with Crippen LogP contribution in [0.4, 0.5) is 13.2 Å². The van der Waals surface area contributed by atoms with E-state index >= 15 is 0 Å². The molecule has 0 bridgehead atoms. The van der Waals surface area contributed by atoms with Crippen molar-refractivity contribution >= 4 is 0 Å². The molecule has 1 saturated heterocycles. The molecule has 3 nitrogen and oxygen atoms in total. The van der Waals surface area contributed by atoms with Gasteiger partial charge in [-0.2, -0.15) is 13.2 Å². The zero-order chi connectivity index (χ0) is 17.8. The number of halogens is 3. The lowest BCUT2D eigenvalue weighted by atomic mass is 9.99. The zero-order valence-electron chi connectivity index (χ0n) is 14.6. The standard InChI is InChI=1S/C18H27F3N2O/c1-17(2,3)24-15-6-4-14(5-7-15)16(8-9-18(19,20)21)23-12-10-22-11-13-23/h4-7,16,22H,8-13H2,1-3H3/t16-/m1/s1. The smallest absolute Gasteiger partial charge is 0.389 e. The minimum atomic E-state index is -4.12. The third-order valence-electron chi connectivity index (χ3n) is 3.98. The first-order chi connectivity index (χ1) is 11.1. The molecule has 0 unspecified atom stereocenters. The number of hydrogen-bond donors (Lipinski definition) is 1. The molecular weight excluding hydrogens is 317 g/mol. The van der Waals surface area contributed by atoms with Gasteiger partial charge in [-0.25, -0.2) is 0 Å². The summed E-state index contributed by atoms with van der Waals surface area (Å²) in [5, 5.41) is 3.24. The van der Waals surface area contributed by atoms with E-state index in [-0.39, 0.29) is 18.1 Å². The van der Waals surface area contributed by atoms with Crippen molar-refractivity contribution in [3.63, 3.8) is 0 Å². The van der Waals surface area contributed by atoms with E-state index in [2.05, 4.69) is 10.2 Å². The maximum absolute atomic E-state index is 12.7. The van der Waals surface area contributed by atoms with E-state index in [4.69, 9.17) is 4.74 Å². The second kappa shape index (κ2) is 7.74. The topological polar surface area (TPSA) is 24.5 Å². The van der Waals surface area contributed by atoms with E-state index in [1.807, 2.05) is 45.0 Å². The van der Waals surface area contributed by atoms with Gasteiger partial charge in [0.15, 0.2) is 0 Å². The fourth-order valence-corrected chi connectivity index (χ4v) is 2.97. The van der Waals surface area contributed by atoms with Crippen molar-refractivity contribution in [3.05, 3.63) is 29.8 Å². The van der Waals surface area contributed by atoms with Crippen LogP contribution in [0, 0.1) is 0 Å². The first-order valence-corrected chi connectivity index (χ1v) is 8.44. The van der Waals surface area contributed by atoms with E-state index in [1.54, 1.807) is 0 Å². The molecule has 1 aliphatic heterocycles. The Balaban J connectivity index is 2.12. The van der Waals surface area contributed by atoms with Crippen LogP contribution in [0.5, 0.6) is 5.75 Å². The van der Waals surface area contributed by atoms with Crippen molar-refractivity contribution in [2.24, 2.45) is 0 Å². The highest BCUT2D eigenvalue weighted by Gasteiger charge is 2.31. The summed E-state index contributed by atoms with van der Waals surface area (Å²) in [6, 6.07) is 7.28. The molecule has 1 atom stereocenters. The number of nitrogens with one attached hydrogen (secondary N) is 1. The maximum atomic E-state index is 12.7. The summed E-state index contributed by atoms with van der Waals surface area (Å²) in [5.74, 6) is 0.737. The molecule has 0 aliphatic carbocycles. The van der Waals surface area contributed by atoms with Gasteiger partial charge in [-0.3, -0.25) is 4.90 Å². The Morgan fingerprint density at radius 1 is 1.08 bits per heavy atom. The lowest BCUT2D eigenvalue weighted by molar-refractivity contribution is -0.138. The van der Waals surface area contributed by atoms with Gasteiger partial charge in [-0.15, -0.1) is 0 Å². The molecule has 24 heavy (non-hydrogen) atoms. The number of hydrogen-bond acceptors (Lipinski definition) is 3.